The summed E-state index contributed by atoms with van der Waals surface area (Å²) in [6, 6.07) is 14.9. The number of nitrogens with one attached hydrogen (secondary N) is 1. The summed E-state index contributed by atoms with van der Waals surface area (Å²) >= 11 is 6.06. The van der Waals surface area contributed by atoms with E-state index in [1.165, 1.54) is 7.11 Å². The van der Waals surface area contributed by atoms with E-state index in [-0.39, 0.29) is 19.1 Å². The van der Waals surface area contributed by atoms with Crippen LogP contribution in [0, 0.1) is 0 Å². The Morgan fingerprint density at radius 2 is 2.00 bits per heavy atom. The minimum Gasteiger partial charge on any atom is -0.495 e. The fraction of sp³-hybridized carbons (Fsp3) is 0.278. The second kappa shape index (κ2) is 9.27. The van der Waals surface area contributed by atoms with Gasteiger partial charge in [0.1, 0.15) is 5.75 Å². The highest BCUT2D eigenvalue weighted by atomic mass is 35.5. The Morgan fingerprint density at radius 3 is 2.62 bits per heavy atom. The van der Waals surface area contributed by atoms with E-state index < -0.39 is 0 Å². The first-order valence-corrected chi connectivity index (χ1v) is 8.00. The van der Waals surface area contributed by atoms with E-state index in [9.17, 15) is 9.90 Å². The molecule has 6 heteroatoms. The molecule has 128 valence electrons. The number of methoxy groups -OCH3 is 1. The normalized spacial score (nSPS) is 10.7. The molecule has 0 spiro atoms. The summed E-state index contributed by atoms with van der Waals surface area (Å²) in [5.74, 6) is 0.390. The molecule has 0 radical (unpaired) electrons. The molecule has 24 heavy (non-hydrogen) atoms. The minimum atomic E-state index is -0.166. The van der Waals surface area contributed by atoms with Crippen LogP contribution in [0.25, 0.3) is 0 Å². The van der Waals surface area contributed by atoms with E-state index in [4.69, 9.17) is 16.3 Å². The second-order valence-corrected chi connectivity index (χ2v) is 5.72. The number of carbonyl (C=O) groups excluding carboxylic acids is 1. The molecule has 5 nitrogen and oxygen atoms in total. The van der Waals surface area contributed by atoms with E-state index >= 15 is 0 Å². The molecule has 0 aliphatic carbocycles. The number of carbonyl (C=O) groups is 1. The summed E-state index contributed by atoms with van der Waals surface area (Å²) in [5.41, 5.74) is 1.70. The first kappa shape index (κ1) is 18.3. The summed E-state index contributed by atoms with van der Waals surface area (Å²) in [4.78, 5) is 14.1. The number of amides is 1. The first-order chi connectivity index (χ1) is 11.6. The lowest BCUT2D eigenvalue weighted by atomic mass is 10.2. The van der Waals surface area contributed by atoms with Crippen molar-refractivity contribution < 1.29 is 14.6 Å². The fourth-order valence-electron chi connectivity index (χ4n) is 2.34. The lowest BCUT2D eigenvalue weighted by Gasteiger charge is -2.21. The molecular weight excluding hydrogens is 328 g/mol. The molecule has 0 aliphatic rings. The maximum Gasteiger partial charge on any atom is 0.238 e. The van der Waals surface area contributed by atoms with Gasteiger partial charge in [-0.3, -0.25) is 9.69 Å². The van der Waals surface area contributed by atoms with Crippen molar-refractivity contribution in [2.24, 2.45) is 0 Å². The maximum atomic E-state index is 12.2. The van der Waals surface area contributed by atoms with Crippen LogP contribution >= 0.6 is 11.6 Å². The molecule has 2 aromatic carbocycles. The Labute approximate surface area is 146 Å². The molecule has 1 amide bonds. The van der Waals surface area contributed by atoms with E-state index in [1.54, 1.807) is 18.2 Å². The molecule has 0 heterocycles. The number of hydrogen-bond donors (Lipinski definition) is 2. The molecule has 0 aromatic heterocycles. The zero-order valence-corrected chi connectivity index (χ0v) is 14.3. The van der Waals surface area contributed by atoms with Crippen molar-refractivity contribution in [3.63, 3.8) is 0 Å². The summed E-state index contributed by atoms with van der Waals surface area (Å²) in [5, 5.41) is 12.5. The summed E-state index contributed by atoms with van der Waals surface area (Å²) in [7, 11) is 1.54. The van der Waals surface area contributed by atoms with Gasteiger partial charge in [-0.25, -0.2) is 0 Å². The highest BCUT2D eigenvalue weighted by molar-refractivity contribution is 6.32. The van der Waals surface area contributed by atoms with Gasteiger partial charge in [0, 0.05) is 18.8 Å². The van der Waals surface area contributed by atoms with Gasteiger partial charge in [-0.05, 0) is 23.8 Å². The van der Waals surface area contributed by atoms with Crippen molar-refractivity contribution in [3.8, 4) is 5.75 Å². The Hall–Kier alpha value is -2.08. The molecule has 0 bridgehead atoms. The minimum absolute atomic E-state index is 0.00548. The molecule has 0 saturated heterocycles. The fourth-order valence-corrected chi connectivity index (χ4v) is 2.60. The Kier molecular flexibility index (Phi) is 7.06. The molecule has 2 N–H and O–H groups in total. The summed E-state index contributed by atoms with van der Waals surface area (Å²) in [6.45, 7) is 1.19. The van der Waals surface area contributed by atoms with E-state index in [2.05, 4.69) is 5.32 Å². The van der Waals surface area contributed by atoms with Gasteiger partial charge < -0.3 is 15.2 Å². The van der Waals surface area contributed by atoms with Gasteiger partial charge in [0.25, 0.3) is 0 Å². The van der Waals surface area contributed by atoms with Gasteiger partial charge >= 0.3 is 0 Å². The molecule has 0 fully saturated rings. The van der Waals surface area contributed by atoms with E-state index in [0.29, 0.717) is 29.5 Å². The highest BCUT2D eigenvalue weighted by Crippen LogP contribution is 2.27. The van der Waals surface area contributed by atoms with E-state index in [1.807, 2.05) is 35.2 Å². The zero-order valence-electron chi connectivity index (χ0n) is 13.5. The van der Waals surface area contributed by atoms with Crippen molar-refractivity contribution in [2.45, 2.75) is 6.54 Å². The van der Waals surface area contributed by atoms with Crippen LogP contribution in [0.3, 0.4) is 0 Å². The number of rotatable bonds is 8. The van der Waals surface area contributed by atoms with Crippen molar-refractivity contribution in [2.75, 3.05) is 32.1 Å². The maximum absolute atomic E-state index is 12.2. The largest absolute Gasteiger partial charge is 0.495 e. The molecule has 2 rings (SSSR count). The van der Waals surface area contributed by atoms with Crippen molar-refractivity contribution >= 4 is 23.2 Å². The number of benzene rings is 2. The standard InChI is InChI=1S/C18H21ClN2O3/c1-24-17-8-7-15(11-16(17)19)20-18(23)13-21(9-10-22)12-14-5-3-2-4-6-14/h2-8,11,22H,9-10,12-13H2,1H3,(H,20,23). The molecular formula is C18H21ClN2O3. The Morgan fingerprint density at radius 1 is 1.25 bits per heavy atom. The molecule has 2 aromatic rings. The topological polar surface area (TPSA) is 61.8 Å². The smallest absolute Gasteiger partial charge is 0.238 e. The number of nitrogens with zero attached hydrogens (tertiary/aromatic N) is 1. The zero-order chi connectivity index (χ0) is 17.4. The monoisotopic (exact) mass is 348 g/mol. The molecule has 0 saturated carbocycles. The van der Waals surface area contributed by atoms with Gasteiger partial charge in [-0.2, -0.15) is 0 Å². The average Bonchev–Trinajstić information content (AvgIpc) is 2.56. The third kappa shape index (κ3) is 5.53. The van der Waals surface area contributed by atoms with Crippen LogP contribution in [-0.2, 0) is 11.3 Å². The number of hydrogen-bond acceptors (Lipinski definition) is 4. The van der Waals surface area contributed by atoms with Crippen LogP contribution in [0.15, 0.2) is 48.5 Å². The van der Waals surface area contributed by atoms with E-state index in [0.717, 1.165) is 5.56 Å². The summed E-state index contributed by atoms with van der Waals surface area (Å²) in [6.07, 6.45) is 0. The predicted molar refractivity (Wildman–Crippen MR) is 95.4 cm³/mol. The van der Waals surface area contributed by atoms with Gasteiger partial charge in [-0.15, -0.1) is 0 Å². The van der Waals surface area contributed by atoms with Crippen LogP contribution in [-0.4, -0.2) is 42.7 Å². The van der Waals surface area contributed by atoms with Gasteiger partial charge in [0.15, 0.2) is 0 Å². The number of anilines is 1. The third-order valence-corrected chi connectivity index (χ3v) is 3.76. The van der Waals surface area contributed by atoms with Crippen LogP contribution < -0.4 is 10.1 Å². The number of halogens is 1. The SMILES string of the molecule is COc1ccc(NC(=O)CN(CCO)Cc2ccccc2)cc1Cl. The molecule has 0 atom stereocenters. The number of aliphatic hydroxyl groups excluding tert-OH is 1. The quantitative estimate of drug-likeness (QED) is 0.770. The number of ether oxygens (including phenoxy) is 1. The molecule has 0 unspecified atom stereocenters. The van der Waals surface area contributed by atoms with Gasteiger partial charge in [0.05, 0.1) is 25.3 Å². The predicted octanol–water partition coefficient (Wildman–Crippen LogP) is 2.78. The van der Waals surface area contributed by atoms with Crippen molar-refractivity contribution in [1.29, 1.82) is 0 Å². The average molecular weight is 349 g/mol. The van der Waals surface area contributed by atoms with Crippen LogP contribution in [0.5, 0.6) is 5.75 Å². The molecule has 0 aliphatic heterocycles. The van der Waals surface area contributed by atoms with Crippen LogP contribution in [0.4, 0.5) is 5.69 Å². The first-order valence-electron chi connectivity index (χ1n) is 7.63. The summed E-state index contributed by atoms with van der Waals surface area (Å²) < 4.78 is 5.09. The van der Waals surface area contributed by atoms with Gasteiger partial charge in [0.2, 0.25) is 5.91 Å². The van der Waals surface area contributed by atoms with Gasteiger partial charge in [-0.1, -0.05) is 41.9 Å². The van der Waals surface area contributed by atoms with Crippen LogP contribution in [0.2, 0.25) is 5.02 Å². The highest BCUT2D eigenvalue weighted by Gasteiger charge is 2.12. The Balaban J connectivity index is 1.96. The second-order valence-electron chi connectivity index (χ2n) is 5.32. The lowest BCUT2D eigenvalue weighted by molar-refractivity contribution is -0.117. The lowest BCUT2D eigenvalue weighted by Crippen LogP contribution is -2.34. The van der Waals surface area contributed by atoms with Crippen molar-refractivity contribution in [3.05, 3.63) is 59.1 Å². The Bertz CT molecular complexity index is 665. The van der Waals surface area contributed by atoms with Crippen molar-refractivity contribution in [1.82, 2.24) is 4.90 Å². The van der Waals surface area contributed by atoms with Crippen LogP contribution in [0.1, 0.15) is 5.56 Å². The third-order valence-electron chi connectivity index (χ3n) is 3.47. The number of aliphatic hydroxyl groups is 1.